The average molecular weight is 591 g/mol. The van der Waals surface area contributed by atoms with Gasteiger partial charge in [0.2, 0.25) is 17.7 Å². The van der Waals surface area contributed by atoms with E-state index in [-0.39, 0.29) is 32.1 Å². The lowest BCUT2D eigenvalue weighted by atomic mass is 9.89. The summed E-state index contributed by atoms with van der Waals surface area (Å²) in [5.74, 6) is -0.540. The highest BCUT2D eigenvalue weighted by Crippen LogP contribution is 2.24. The SMILES string of the molecule is CC(=O)NC(Cc1c[nH]c2ccccc12)C(=O)NCC1OC(OCCCC(C)C(C)CCO)C(NC(C)=O)C(O)C1O. The number of para-hydroxylation sites is 1. The third kappa shape index (κ3) is 9.23. The lowest BCUT2D eigenvalue weighted by Gasteiger charge is -2.42. The van der Waals surface area contributed by atoms with Crippen LogP contribution in [0.3, 0.4) is 0 Å². The van der Waals surface area contributed by atoms with Gasteiger partial charge in [-0.1, -0.05) is 32.0 Å². The van der Waals surface area contributed by atoms with Crippen molar-refractivity contribution in [2.24, 2.45) is 11.8 Å². The van der Waals surface area contributed by atoms with E-state index in [2.05, 4.69) is 34.8 Å². The van der Waals surface area contributed by atoms with Crippen LogP contribution in [0, 0.1) is 11.8 Å². The number of benzene rings is 1. The summed E-state index contributed by atoms with van der Waals surface area (Å²) in [7, 11) is 0. The summed E-state index contributed by atoms with van der Waals surface area (Å²) in [4.78, 5) is 40.1. The van der Waals surface area contributed by atoms with E-state index in [9.17, 15) is 29.7 Å². The van der Waals surface area contributed by atoms with Crippen LogP contribution in [-0.2, 0) is 30.3 Å². The molecule has 0 bridgehead atoms. The first-order valence-corrected chi connectivity index (χ1v) is 14.6. The number of ether oxygens (including phenoxy) is 2. The number of aromatic nitrogens is 1. The Morgan fingerprint density at radius 3 is 2.45 bits per heavy atom. The van der Waals surface area contributed by atoms with Crippen molar-refractivity contribution in [3.05, 3.63) is 36.0 Å². The number of aromatic amines is 1. The molecule has 2 aromatic rings. The number of carbonyl (C=O) groups excluding carboxylic acids is 3. The first kappa shape index (κ1) is 33.5. The van der Waals surface area contributed by atoms with Gasteiger partial charge in [-0.3, -0.25) is 14.4 Å². The number of fused-ring (bicyclic) bond motifs is 1. The molecule has 8 atom stereocenters. The zero-order valence-corrected chi connectivity index (χ0v) is 24.8. The highest BCUT2D eigenvalue weighted by atomic mass is 16.7. The van der Waals surface area contributed by atoms with Crippen molar-refractivity contribution in [1.82, 2.24) is 20.9 Å². The lowest BCUT2D eigenvalue weighted by Crippen LogP contribution is -2.65. The Morgan fingerprint density at radius 2 is 1.76 bits per heavy atom. The number of amides is 3. The molecule has 7 N–H and O–H groups in total. The predicted octanol–water partition coefficient (Wildman–Crippen LogP) is 0.734. The molecule has 1 fully saturated rings. The van der Waals surface area contributed by atoms with Gasteiger partial charge in [0.05, 0.1) is 0 Å². The molecule has 3 rings (SSSR count). The molecule has 234 valence electrons. The van der Waals surface area contributed by atoms with Crippen LogP contribution < -0.4 is 16.0 Å². The summed E-state index contributed by atoms with van der Waals surface area (Å²) in [5, 5.41) is 39.8. The zero-order valence-electron chi connectivity index (χ0n) is 24.8. The van der Waals surface area contributed by atoms with Crippen LogP contribution in [0.4, 0.5) is 0 Å². The fourth-order valence-electron chi connectivity index (χ4n) is 5.31. The summed E-state index contributed by atoms with van der Waals surface area (Å²) in [6.45, 7) is 7.09. The molecule has 1 saturated heterocycles. The van der Waals surface area contributed by atoms with Crippen LogP contribution in [0.2, 0.25) is 0 Å². The Kier molecular flexibility index (Phi) is 12.7. The van der Waals surface area contributed by atoms with Crippen LogP contribution in [0.25, 0.3) is 10.9 Å². The molecule has 0 spiro atoms. The number of carbonyl (C=O) groups is 3. The average Bonchev–Trinajstić information content (AvgIpc) is 3.35. The van der Waals surface area contributed by atoms with Crippen molar-refractivity contribution in [2.45, 2.75) is 90.1 Å². The maximum absolute atomic E-state index is 13.2. The van der Waals surface area contributed by atoms with E-state index >= 15 is 0 Å². The molecule has 0 radical (unpaired) electrons. The fourth-order valence-corrected chi connectivity index (χ4v) is 5.31. The summed E-state index contributed by atoms with van der Waals surface area (Å²) in [6.07, 6.45) is -0.622. The molecule has 42 heavy (non-hydrogen) atoms. The highest BCUT2D eigenvalue weighted by Gasteiger charge is 2.45. The molecular formula is C30H46N4O8. The van der Waals surface area contributed by atoms with Gasteiger partial charge in [-0.2, -0.15) is 0 Å². The number of aliphatic hydroxyl groups excluding tert-OH is 3. The Hall–Kier alpha value is -3.03. The standard InChI is InChI=1S/C30H46N4O8/c1-17(18(2)11-12-35)8-7-13-41-30-26(34-20(4)37)28(39)27(38)25(42-30)16-32-29(40)24(33-19(3)36)14-21-15-31-23-10-6-5-9-22(21)23/h5-6,9-10,15,17-18,24-28,30-31,35,38-39H,7-8,11-14,16H2,1-4H3,(H,32,40)(H,33,36)(H,34,37). The summed E-state index contributed by atoms with van der Waals surface area (Å²) >= 11 is 0. The second-order valence-electron chi connectivity index (χ2n) is 11.3. The van der Waals surface area contributed by atoms with Crippen LogP contribution >= 0.6 is 0 Å². The van der Waals surface area contributed by atoms with Gasteiger partial charge >= 0.3 is 0 Å². The van der Waals surface area contributed by atoms with E-state index in [1.54, 1.807) is 6.20 Å². The van der Waals surface area contributed by atoms with E-state index in [0.717, 1.165) is 29.3 Å². The van der Waals surface area contributed by atoms with Crippen molar-refractivity contribution in [2.75, 3.05) is 19.8 Å². The van der Waals surface area contributed by atoms with Crippen LogP contribution in [0.1, 0.15) is 52.5 Å². The Bertz CT molecular complexity index is 1170. The number of nitrogens with one attached hydrogen (secondary N) is 4. The molecule has 3 amide bonds. The molecule has 0 saturated carbocycles. The third-order valence-corrected chi connectivity index (χ3v) is 7.98. The number of hydrogen-bond acceptors (Lipinski definition) is 8. The largest absolute Gasteiger partial charge is 0.396 e. The first-order chi connectivity index (χ1) is 20.0. The number of rotatable bonds is 15. The second kappa shape index (κ2) is 16.0. The maximum Gasteiger partial charge on any atom is 0.243 e. The first-order valence-electron chi connectivity index (χ1n) is 14.6. The van der Waals surface area contributed by atoms with Crippen LogP contribution in [0.15, 0.2) is 30.5 Å². The van der Waals surface area contributed by atoms with Gasteiger partial charge in [-0.25, -0.2) is 0 Å². The zero-order chi connectivity index (χ0) is 30.8. The van der Waals surface area contributed by atoms with Crippen molar-refractivity contribution in [3.8, 4) is 0 Å². The number of aliphatic hydroxyl groups is 3. The van der Waals surface area contributed by atoms with E-state index in [0.29, 0.717) is 18.3 Å². The molecule has 8 unspecified atom stereocenters. The van der Waals surface area contributed by atoms with Gasteiger partial charge < -0.3 is 45.7 Å². The van der Waals surface area contributed by atoms with Crippen molar-refractivity contribution in [3.63, 3.8) is 0 Å². The molecule has 0 aliphatic carbocycles. The number of hydrogen-bond donors (Lipinski definition) is 7. The second-order valence-corrected chi connectivity index (χ2v) is 11.3. The normalized spacial score (nSPS) is 24.5. The molecule has 1 aromatic heterocycles. The third-order valence-electron chi connectivity index (χ3n) is 7.98. The lowest BCUT2D eigenvalue weighted by molar-refractivity contribution is -0.263. The minimum Gasteiger partial charge on any atom is -0.396 e. The van der Waals surface area contributed by atoms with Crippen LogP contribution in [0.5, 0.6) is 0 Å². The smallest absolute Gasteiger partial charge is 0.243 e. The van der Waals surface area contributed by atoms with Gasteiger partial charge in [0.25, 0.3) is 0 Å². The van der Waals surface area contributed by atoms with Crippen LogP contribution in [-0.4, -0.2) is 94.5 Å². The monoisotopic (exact) mass is 590 g/mol. The van der Waals surface area contributed by atoms with E-state index in [1.807, 2.05) is 24.3 Å². The molecule has 12 heteroatoms. The van der Waals surface area contributed by atoms with E-state index in [1.165, 1.54) is 13.8 Å². The Morgan fingerprint density at radius 1 is 1.05 bits per heavy atom. The van der Waals surface area contributed by atoms with Crippen molar-refractivity contribution < 1.29 is 39.2 Å². The molecule has 12 nitrogen and oxygen atoms in total. The number of H-pyrrole nitrogens is 1. The Labute approximate surface area is 246 Å². The molecule has 1 aromatic carbocycles. The maximum atomic E-state index is 13.2. The topological polar surface area (TPSA) is 182 Å². The van der Waals surface area contributed by atoms with E-state index < -0.39 is 48.5 Å². The molecular weight excluding hydrogens is 544 g/mol. The van der Waals surface area contributed by atoms with Gasteiger partial charge in [0, 0.05) is 57.1 Å². The quantitative estimate of drug-likeness (QED) is 0.148. The van der Waals surface area contributed by atoms with Gasteiger partial charge in [-0.15, -0.1) is 0 Å². The van der Waals surface area contributed by atoms with E-state index in [4.69, 9.17) is 9.47 Å². The molecule has 1 aliphatic rings. The predicted molar refractivity (Wildman–Crippen MR) is 156 cm³/mol. The van der Waals surface area contributed by atoms with Crippen molar-refractivity contribution >= 4 is 28.6 Å². The van der Waals surface area contributed by atoms with Gasteiger partial charge in [-0.05, 0) is 42.7 Å². The van der Waals surface area contributed by atoms with Crippen molar-refractivity contribution in [1.29, 1.82) is 0 Å². The highest BCUT2D eigenvalue weighted by molar-refractivity contribution is 5.89. The minimum absolute atomic E-state index is 0.142. The summed E-state index contributed by atoms with van der Waals surface area (Å²) in [6, 6.07) is 5.75. The summed E-state index contributed by atoms with van der Waals surface area (Å²) in [5.41, 5.74) is 1.77. The Balaban J connectivity index is 1.63. The molecule has 2 heterocycles. The minimum atomic E-state index is -1.42. The van der Waals surface area contributed by atoms with Gasteiger partial charge in [0.1, 0.15) is 30.4 Å². The fraction of sp³-hybridized carbons (Fsp3) is 0.633. The molecule has 1 aliphatic heterocycles. The van der Waals surface area contributed by atoms with Gasteiger partial charge in [0.15, 0.2) is 6.29 Å². The summed E-state index contributed by atoms with van der Waals surface area (Å²) < 4.78 is 11.9.